The summed E-state index contributed by atoms with van der Waals surface area (Å²) in [5.74, 6) is 0.0926. The van der Waals surface area contributed by atoms with Gasteiger partial charge in [-0.2, -0.15) is 5.10 Å². The van der Waals surface area contributed by atoms with Crippen molar-refractivity contribution >= 4 is 22.5 Å². The summed E-state index contributed by atoms with van der Waals surface area (Å²) in [6, 6.07) is 8.91. The molecule has 3 N–H and O–H groups in total. The highest BCUT2D eigenvalue weighted by molar-refractivity contribution is 6.04. The SMILES string of the molecule is CCOc1cc2nn(C3CCC(O)CC3)cc2cc1NC(=O)c1cccc(C)[n+]1O. The van der Waals surface area contributed by atoms with E-state index in [0.717, 1.165) is 41.3 Å². The summed E-state index contributed by atoms with van der Waals surface area (Å²) in [5, 5.41) is 28.4. The fourth-order valence-electron chi connectivity index (χ4n) is 3.92. The average molecular weight is 411 g/mol. The van der Waals surface area contributed by atoms with Crippen LogP contribution in [-0.4, -0.2) is 38.7 Å². The van der Waals surface area contributed by atoms with E-state index in [1.807, 2.05) is 29.9 Å². The molecule has 8 nitrogen and oxygen atoms in total. The summed E-state index contributed by atoms with van der Waals surface area (Å²) in [5.41, 5.74) is 2.00. The molecule has 0 saturated heterocycles. The van der Waals surface area contributed by atoms with Crippen LogP contribution in [0, 0.1) is 6.92 Å². The molecule has 2 aromatic heterocycles. The number of hydrogen-bond acceptors (Lipinski definition) is 5. The van der Waals surface area contributed by atoms with Crippen LogP contribution in [-0.2, 0) is 0 Å². The molecule has 4 rings (SSSR count). The van der Waals surface area contributed by atoms with Gasteiger partial charge in [-0.1, -0.05) is 0 Å². The van der Waals surface area contributed by atoms with Crippen LogP contribution in [0.2, 0.25) is 0 Å². The second-order valence-electron chi connectivity index (χ2n) is 7.73. The first kappa shape index (κ1) is 20.2. The number of aliphatic hydroxyl groups excluding tert-OH is 1. The molecule has 158 valence electrons. The van der Waals surface area contributed by atoms with Gasteiger partial charge in [0.1, 0.15) is 5.75 Å². The summed E-state index contributed by atoms with van der Waals surface area (Å²) in [7, 11) is 0. The van der Waals surface area contributed by atoms with Crippen molar-refractivity contribution in [3.8, 4) is 5.75 Å². The number of nitrogens with zero attached hydrogens (tertiary/aromatic N) is 3. The number of carbonyl (C=O) groups excluding carboxylic acids is 1. The Morgan fingerprint density at radius 2 is 2.07 bits per heavy atom. The van der Waals surface area contributed by atoms with E-state index in [1.165, 1.54) is 0 Å². The smallest absolute Gasteiger partial charge is 0.325 e. The molecule has 0 spiro atoms. The lowest BCUT2D eigenvalue weighted by molar-refractivity contribution is -0.909. The number of amides is 1. The minimum absolute atomic E-state index is 0.133. The molecule has 0 unspecified atom stereocenters. The predicted octanol–water partition coefficient (Wildman–Crippen LogP) is 3.00. The molecule has 0 atom stereocenters. The largest absolute Gasteiger partial charge is 0.492 e. The van der Waals surface area contributed by atoms with E-state index in [-0.39, 0.29) is 17.8 Å². The lowest BCUT2D eigenvalue weighted by Gasteiger charge is -2.25. The maximum Gasteiger partial charge on any atom is 0.325 e. The van der Waals surface area contributed by atoms with Crippen molar-refractivity contribution in [1.82, 2.24) is 9.78 Å². The van der Waals surface area contributed by atoms with E-state index in [9.17, 15) is 15.1 Å². The molecule has 0 radical (unpaired) electrons. The quantitative estimate of drug-likeness (QED) is 0.443. The normalized spacial score (nSPS) is 19.0. The molecular formula is C22H27N4O4+. The number of hydrogen-bond donors (Lipinski definition) is 3. The molecular weight excluding hydrogens is 384 g/mol. The molecule has 0 bridgehead atoms. The summed E-state index contributed by atoms with van der Waals surface area (Å²) in [6.45, 7) is 4.04. The van der Waals surface area contributed by atoms with Gasteiger partial charge >= 0.3 is 11.6 Å². The first-order chi connectivity index (χ1) is 14.5. The van der Waals surface area contributed by atoms with Crippen LogP contribution in [0.4, 0.5) is 5.69 Å². The molecule has 1 amide bonds. The zero-order valence-electron chi connectivity index (χ0n) is 17.2. The van der Waals surface area contributed by atoms with Crippen molar-refractivity contribution in [3.05, 3.63) is 47.9 Å². The minimum atomic E-state index is -0.435. The number of fused-ring (bicyclic) bond motifs is 1. The number of carbonyl (C=O) groups is 1. The van der Waals surface area contributed by atoms with Gasteiger partial charge in [0.15, 0.2) is 0 Å². The van der Waals surface area contributed by atoms with Gasteiger partial charge in [-0.05, 0) is 44.7 Å². The van der Waals surface area contributed by atoms with E-state index in [4.69, 9.17) is 9.84 Å². The van der Waals surface area contributed by atoms with Crippen molar-refractivity contribution in [2.45, 2.75) is 51.7 Å². The highest BCUT2D eigenvalue weighted by atomic mass is 16.5. The number of aliphatic hydroxyl groups is 1. The maximum atomic E-state index is 12.8. The fourth-order valence-corrected chi connectivity index (χ4v) is 3.92. The number of pyridine rings is 1. The van der Waals surface area contributed by atoms with Gasteiger partial charge < -0.3 is 15.2 Å². The molecule has 2 heterocycles. The number of anilines is 1. The molecule has 1 aliphatic carbocycles. The predicted molar refractivity (Wildman–Crippen MR) is 111 cm³/mol. The van der Waals surface area contributed by atoms with Gasteiger partial charge in [-0.25, -0.2) is 0 Å². The molecule has 3 aromatic rings. The van der Waals surface area contributed by atoms with Crippen molar-refractivity contribution in [2.75, 3.05) is 11.9 Å². The van der Waals surface area contributed by atoms with Crippen molar-refractivity contribution < 1.29 is 24.6 Å². The van der Waals surface area contributed by atoms with E-state index in [0.29, 0.717) is 23.7 Å². The van der Waals surface area contributed by atoms with Crippen molar-refractivity contribution in [1.29, 1.82) is 0 Å². The van der Waals surface area contributed by atoms with E-state index >= 15 is 0 Å². The van der Waals surface area contributed by atoms with Crippen LogP contribution in [0.15, 0.2) is 36.5 Å². The first-order valence-electron chi connectivity index (χ1n) is 10.3. The molecule has 0 aliphatic heterocycles. The Morgan fingerprint density at radius 1 is 1.30 bits per heavy atom. The van der Waals surface area contributed by atoms with E-state index < -0.39 is 5.91 Å². The number of aromatic nitrogens is 3. The van der Waals surface area contributed by atoms with Gasteiger partial charge in [0, 0.05) is 41.4 Å². The average Bonchev–Trinajstić information content (AvgIpc) is 3.13. The number of aryl methyl sites for hydroxylation is 1. The van der Waals surface area contributed by atoms with Crippen LogP contribution in [0.25, 0.3) is 10.9 Å². The molecule has 30 heavy (non-hydrogen) atoms. The number of benzene rings is 1. The second-order valence-corrected chi connectivity index (χ2v) is 7.73. The Labute approximate surface area is 174 Å². The number of ether oxygens (including phenoxy) is 1. The Kier molecular flexibility index (Phi) is 5.59. The summed E-state index contributed by atoms with van der Waals surface area (Å²) in [6.07, 6.45) is 5.10. The molecule has 1 fully saturated rings. The topological polar surface area (TPSA) is 100 Å². The second kappa shape index (κ2) is 8.31. The number of nitrogens with one attached hydrogen (secondary N) is 1. The number of rotatable bonds is 5. The highest BCUT2D eigenvalue weighted by Gasteiger charge is 2.24. The zero-order chi connectivity index (χ0) is 21.3. The van der Waals surface area contributed by atoms with Gasteiger partial charge in [-0.3, -0.25) is 14.7 Å². The third kappa shape index (κ3) is 3.95. The molecule has 1 saturated carbocycles. The van der Waals surface area contributed by atoms with Gasteiger partial charge in [0.25, 0.3) is 0 Å². The summed E-state index contributed by atoms with van der Waals surface area (Å²) in [4.78, 5) is 12.8. The van der Waals surface area contributed by atoms with Crippen molar-refractivity contribution in [3.63, 3.8) is 0 Å². The van der Waals surface area contributed by atoms with Gasteiger partial charge in [0.2, 0.25) is 5.69 Å². The lowest BCUT2D eigenvalue weighted by Crippen LogP contribution is -2.42. The fraction of sp³-hybridized carbons (Fsp3) is 0.409. The minimum Gasteiger partial charge on any atom is -0.492 e. The lowest BCUT2D eigenvalue weighted by atomic mass is 9.93. The van der Waals surface area contributed by atoms with Crippen LogP contribution in [0.1, 0.15) is 54.8 Å². The van der Waals surface area contributed by atoms with Crippen molar-refractivity contribution in [2.24, 2.45) is 0 Å². The summed E-state index contributed by atoms with van der Waals surface area (Å²) < 4.78 is 8.56. The summed E-state index contributed by atoms with van der Waals surface area (Å²) >= 11 is 0. The van der Waals surface area contributed by atoms with E-state index in [1.54, 1.807) is 25.1 Å². The molecule has 8 heteroatoms. The third-order valence-corrected chi connectivity index (χ3v) is 5.60. The molecule has 1 aromatic carbocycles. The zero-order valence-corrected chi connectivity index (χ0v) is 17.2. The van der Waals surface area contributed by atoms with Crippen LogP contribution < -0.4 is 14.8 Å². The Morgan fingerprint density at radius 3 is 2.80 bits per heavy atom. The third-order valence-electron chi connectivity index (χ3n) is 5.60. The molecule has 1 aliphatic rings. The van der Waals surface area contributed by atoms with E-state index in [2.05, 4.69) is 5.32 Å². The first-order valence-corrected chi connectivity index (χ1v) is 10.3. The van der Waals surface area contributed by atoms with Crippen LogP contribution in [0.5, 0.6) is 5.75 Å². The van der Waals surface area contributed by atoms with Crippen LogP contribution in [0.3, 0.4) is 0 Å². The Bertz CT molecular complexity index is 1070. The van der Waals surface area contributed by atoms with Crippen LogP contribution >= 0.6 is 0 Å². The standard InChI is InChI=1S/C22H26N4O4/c1-3-30-21-12-18-15(13-25(24-18)16-7-9-17(27)10-8-16)11-19(21)23-22(28)20-6-4-5-14(2)26(20)29/h4-6,11-13,16-17,27H,3,7-10H2,1-2H3,(H-,23,28,29)/p+1. The van der Waals surface area contributed by atoms with Gasteiger partial charge in [-0.15, -0.1) is 0 Å². The Balaban J connectivity index is 1.65. The Hall–Kier alpha value is -3.13. The van der Waals surface area contributed by atoms with Gasteiger partial charge in [0.05, 0.1) is 30.0 Å². The maximum absolute atomic E-state index is 12.8. The highest BCUT2D eigenvalue weighted by Crippen LogP contribution is 2.33. The monoisotopic (exact) mass is 411 g/mol.